The minimum absolute atomic E-state index is 0.0000579. The smallest absolute Gasteiger partial charge is 0.407 e. The zero-order valence-electron chi connectivity index (χ0n) is 20.1. The van der Waals surface area contributed by atoms with Crippen molar-refractivity contribution < 1.29 is 29.0 Å². The van der Waals surface area contributed by atoms with E-state index in [9.17, 15) is 19.5 Å². The molecule has 3 N–H and O–H groups in total. The third kappa shape index (κ3) is 5.17. The van der Waals surface area contributed by atoms with Gasteiger partial charge in [0.2, 0.25) is 5.91 Å². The molecule has 8 nitrogen and oxygen atoms in total. The quantitative estimate of drug-likeness (QED) is 0.533. The number of rotatable bonds is 8. The maximum atomic E-state index is 13.1. The normalized spacial score (nSPS) is 20.0. The molecule has 1 saturated heterocycles. The van der Waals surface area contributed by atoms with E-state index in [0.717, 1.165) is 22.3 Å². The molecule has 1 heterocycles. The summed E-state index contributed by atoms with van der Waals surface area (Å²) in [7, 11) is 0. The third-order valence-electron chi connectivity index (χ3n) is 6.94. The van der Waals surface area contributed by atoms with Crippen molar-refractivity contribution in [1.82, 2.24) is 10.6 Å². The number of fused-ring (bicyclic) bond motifs is 3. The van der Waals surface area contributed by atoms with Crippen LogP contribution in [0.15, 0.2) is 48.5 Å². The van der Waals surface area contributed by atoms with Crippen molar-refractivity contribution in [2.75, 3.05) is 26.4 Å². The minimum Gasteiger partial charge on any atom is -0.480 e. The first kappa shape index (κ1) is 24.7. The fraction of sp³-hybridized carbons (Fsp3) is 0.444. The fourth-order valence-electron chi connectivity index (χ4n) is 4.95. The zero-order valence-corrected chi connectivity index (χ0v) is 20.1. The number of carbonyl (C=O) groups excluding carboxylic acids is 2. The molecule has 35 heavy (non-hydrogen) atoms. The van der Waals surface area contributed by atoms with Crippen LogP contribution in [0.4, 0.5) is 4.79 Å². The highest BCUT2D eigenvalue weighted by Crippen LogP contribution is 2.44. The van der Waals surface area contributed by atoms with Gasteiger partial charge in [-0.25, -0.2) is 9.59 Å². The van der Waals surface area contributed by atoms with Crippen LogP contribution >= 0.6 is 0 Å². The minimum atomic E-state index is -1.09. The Balaban J connectivity index is 1.40. The lowest BCUT2D eigenvalue weighted by atomic mass is 9.81. The van der Waals surface area contributed by atoms with Crippen LogP contribution in [-0.2, 0) is 19.1 Å². The van der Waals surface area contributed by atoms with Gasteiger partial charge >= 0.3 is 12.1 Å². The Hall–Kier alpha value is -3.39. The molecule has 0 spiro atoms. The standard InChI is InChI=1S/C27H32N2O6/c1-17(2)23(24(30)31)29-25(32)27(12-7-13-34-16-27)15-28-26(33)35-14-22-20-10-5-3-8-18(20)19-9-4-6-11-21(19)22/h3-6,8-11,17,22-23H,7,12-16H2,1-2H3,(H,28,33)(H,29,32)(H,30,31). The summed E-state index contributed by atoms with van der Waals surface area (Å²) in [5, 5.41) is 14.8. The maximum absolute atomic E-state index is 13.1. The number of amides is 2. The zero-order chi connectivity index (χ0) is 25.0. The lowest BCUT2D eigenvalue weighted by molar-refractivity contribution is -0.148. The van der Waals surface area contributed by atoms with E-state index in [2.05, 4.69) is 22.8 Å². The topological polar surface area (TPSA) is 114 Å². The van der Waals surface area contributed by atoms with Crippen LogP contribution in [0.2, 0.25) is 0 Å². The Labute approximate surface area is 205 Å². The first-order valence-electron chi connectivity index (χ1n) is 12.0. The molecule has 186 valence electrons. The predicted octanol–water partition coefficient (Wildman–Crippen LogP) is 3.55. The van der Waals surface area contributed by atoms with Gasteiger partial charge in [0.25, 0.3) is 0 Å². The van der Waals surface area contributed by atoms with Crippen molar-refractivity contribution in [3.63, 3.8) is 0 Å². The van der Waals surface area contributed by atoms with Gasteiger partial charge in [0.05, 0.1) is 12.0 Å². The van der Waals surface area contributed by atoms with E-state index in [1.807, 2.05) is 36.4 Å². The van der Waals surface area contributed by atoms with Crippen molar-refractivity contribution in [2.24, 2.45) is 11.3 Å². The van der Waals surface area contributed by atoms with E-state index in [-0.39, 0.29) is 31.6 Å². The molecule has 2 aromatic carbocycles. The molecule has 1 aliphatic heterocycles. The largest absolute Gasteiger partial charge is 0.480 e. The summed E-state index contributed by atoms with van der Waals surface area (Å²) in [5.41, 5.74) is 3.47. The van der Waals surface area contributed by atoms with Crippen molar-refractivity contribution in [3.05, 3.63) is 59.7 Å². The van der Waals surface area contributed by atoms with E-state index >= 15 is 0 Å². The highest BCUT2D eigenvalue weighted by Gasteiger charge is 2.43. The molecule has 0 aromatic heterocycles. The molecule has 2 amide bonds. The van der Waals surface area contributed by atoms with Gasteiger partial charge in [0, 0.05) is 19.1 Å². The molecule has 2 aliphatic rings. The Morgan fingerprint density at radius 1 is 1.09 bits per heavy atom. The van der Waals surface area contributed by atoms with Gasteiger partial charge in [-0.3, -0.25) is 4.79 Å². The van der Waals surface area contributed by atoms with Crippen molar-refractivity contribution in [1.29, 1.82) is 0 Å². The molecule has 4 rings (SSSR count). The molecule has 8 heteroatoms. The van der Waals surface area contributed by atoms with Crippen molar-refractivity contribution in [3.8, 4) is 11.1 Å². The summed E-state index contributed by atoms with van der Waals surface area (Å²) in [6.45, 7) is 4.26. The summed E-state index contributed by atoms with van der Waals surface area (Å²) < 4.78 is 11.2. The van der Waals surface area contributed by atoms with E-state index in [0.29, 0.717) is 19.4 Å². The number of carboxylic acid groups (broad SMARTS) is 1. The Bertz CT molecular complexity index is 1050. The molecule has 1 aliphatic carbocycles. The lowest BCUT2D eigenvalue weighted by Gasteiger charge is -2.36. The summed E-state index contributed by atoms with van der Waals surface area (Å²) in [6.07, 6.45) is 0.495. The number of aliphatic carboxylic acids is 1. The van der Waals surface area contributed by atoms with Gasteiger partial charge < -0.3 is 25.2 Å². The Morgan fingerprint density at radius 3 is 2.26 bits per heavy atom. The molecule has 2 unspecified atom stereocenters. The molecular weight excluding hydrogens is 448 g/mol. The Kier molecular flexibility index (Phi) is 7.40. The molecule has 0 bridgehead atoms. The highest BCUT2D eigenvalue weighted by molar-refractivity contribution is 5.88. The summed E-state index contributed by atoms with van der Waals surface area (Å²) in [6, 6.07) is 15.2. The van der Waals surface area contributed by atoms with Crippen LogP contribution in [0.3, 0.4) is 0 Å². The van der Waals surface area contributed by atoms with Crippen LogP contribution < -0.4 is 10.6 Å². The second kappa shape index (κ2) is 10.5. The maximum Gasteiger partial charge on any atom is 0.407 e. The number of alkyl carbamates (subject to hydrolysis) is 1. The van der Waals surface area contributed by atoms with Gasteiger partial charge in [-0.05, 0) is 41.0 Å². The highest BCUT2D eigenvalue weighted by atomic mass is 16.5. The number of nitrogens with one attached hydrogen (secondary N) is 2. The second-order valence-corrected chi connectivity index (χ2v) is 9.65. The van der Waals surface area contributed by atoms with E-state index in [1.165, 1.54) is 0 Å². The Morgan fingerprint density at radius 2 is 1.71 bits per heavy atom. The van der Waals surface area contributed by atoms with Crippen LogP contribution in [0, 0.1) is 11.3 Å². The van der Waals surface area contributed by atoms with Crippen molar-refractivity contribution in [2.45, 2.75) is 38.6 Å². The number of hydrogen-bond acceptors (Lipinski definition) is 5. The number of carboxylic acids is 1. The van der Waals surface area contributed by atoms with Crippen molar-refractivity contribution >= 4 is 18.0 Å². The molecule has 1 fully saturated rings. The van der Waals surface area contributed by atoms with Gasteiger partial charge in [-0.1, -0.05) is 62.4 Å². The number of benzene rings is 2. The van der Waals surface area contributed by atoms with E-state index in [1.54, 1.807) is 13.8 Å². The van der Waals surface area contributed by atoms with Gasteiger partial charge in [-0.15, -0.1) is 0 Å². The molecule has 2 atom stereocenters. The number of carbonyl (C=O) groups is 3. The summed E-state index contributed by atoms with van der Waals surface area (Å²) in [5.74, 6) is -1.87. The SMILES string of the molecule is CC(C)C(NC(=O)C1(CNC(=O)OCC2c3ccccc3-c3ccccc32)CCCOC1)C(=O)O. The predicted molar refractivity (Wildman–Crippen MR) is 130 cm³/mol. The monoisotopic (exact) mass is 480 g/mol. The van der Waals surface area contributed by atoms with Gasteiger partial charge in [-0.2, -0.15) is 0 Å². The molecule has 0 radical (unpaired) electrons. The van der Waals surface area contributed by atoms with Crippen LogP contribution in [0.5, 0.6) is 0 Å². The van der Waals surface area contributed by atoms with Crippen LogP contribution in [0.25, 0.3) is 11.1 Å². The van der Waals surface area contributed by atoms with Gasteiger partial charge in [0.1, 0.15) is 12.6 Å². The molecule has 0 saturated carbocycles. The lowest BCUT2D eigenvalue weighted by Crippen LogP contribution is -2.57. The van der Waals surface area contributed by atoms with E-state index in [4.69, 9.17) is 9.47 Å². The number of ether oxygens (including phenoxy) is 2. The molecular formula is C27H32N2O6. The first-order valence-corrected chi connectivity index (χ1v) is 12.0. The third-order valence-corrected chi connectivity index (χ3v) is 6.94. The summed E-state index contributed by atoms with van der Waals surface area (Å²) in [4.78, 5) is 37.4. The van der Waals surface area contributed by atoms with Gasteiger partial charge in [0.15, 0.2) is 0 Å². The first-order chi connectivity index (χ1) is 16.8. The number of hydrogen-bond donors (Lipinski definition) is 3. The van der Waals surface area contributed by atoms with E-state index < -0.39 is 29.4 Å². The molecule has 2 aromatic rings. The average Bonchev–Trinajstić information content (AvgIpc) is 3.18. The average molecular weight is 481 g/mol. The second-order valence-electron chi connectivity index (χ2n) is 9.65. The van der Waals surface area contributed by atoms with Crippen LogP contribution in [-0.4, -0.2) is 55.5 Å². The fourth-order valence-corrected chi connectivity index (χ4v) is 4.95. The summed E-state index contributed by atoms with van der Waals surface area (Å²) >= 11 is 0. The van der Waals surface area contributed by atoms with Crippen LogP contribution in [0.1, 0.15) is 43.7 Å².